The number of hydrogen-bond donors (Lipinski definition) is 2. The number of ether oxygens (including phenoxy) is 1. The van der Waals surface area contributed by atoms with E-state index in [2.05, 4.69) is 5.32 Å². The topological polar surface area (TPSA) is 92.7 Å². The third kappa shape index (κ3) is 8.15. The van der Waals surface area contributed by atoms with Crippen LogP contribution in [0, 0.1) is 5.82 Å². The number of halogens is 2. The Bertz CT molecular complexity index is 652. The quantitative estimate of drug-likeness (QED) is 0.779. The molecule has 0 aliphatic rings. The molecule has 1 aromatic carbocycles. The van der Waals surface area contributed by atoms with E-state index in [-0.39, 0.29) is 17.0 Å². The third-order valence-electron chi connectivity index (χ3n) is 2.64. The predicted molar refractivity (Wildman–Crippen MR) is 84.6 cm³/mol. The molecule has 0 aromatic heterocycles. The smallest absolute Gasteiger partial charge is 0.408 e. The molecule has 2 N–H and O–H groups in total. The SMILES string of the molecule is CC(C)(C)OC(=O)N[C@@H](CCS(=O)(=O)O)c1cc(F)cc(Cl)c1. The zero-order chi connectivity index (χ0) is 17.8. The Kier molecular flexibility index (Phi) is 6.38. The summed E-state index contributed by atoms with van der Waals surface area (Å²) in [6.45, 7) is 5.00. The lowest BCUT2D eigenvalue weighted by Gasteiger charge is -2.24. The Hall–Kier alpha value is -1.38. The average molecular weight is 368 g/mol. The van der Waals surface area contributed by atoms with Crippen molar-refractivity contribution in [1.82, 2.24) is 5.32 Å². The molecule has 0 heterocycles. The van der Waals surface area contributed by atoms with Crippen molar-refractivity contribution in [2.75, 3.05) is 5.75 Å². The lowest BCUT2D eigenvalue weighted by atomic mass is 10.0. The second kappa shape index (κ2) is 7.46. The van der Waals surface area contributed by atoms with Gasteiger partial charge in [0.1, 0.15) is 11.4 Å². The van der Waals surface area contributed by atoms with Crippen LogP contribution in [0.25, 0.3) is 0 Å². The number of benzene rings is 1. The molecule has 0 saturated heterocycles. The van der Waals surface area contributed by atoms with Gasteiger partial charge >= 0.3 is 6.09 Å². The zero-order valence-electron chi connectivity index (χ0n) is 13.0. The molecule has 1 amide bonds. The van der Waals surface area contributed by atoms with Gasteiger partial charge in [0.15, 0.2) is 0 Å². The van der Waals surface area contributed by atoms with Gasteiger partial charge < -0.3 is 10.1 Å². The van der Waals surface area contributed by atoms with Gasteiger partial charge in [-0.3, -0.25) is 4.55 Å². The lowest BCUT2D eigenvalue weighted by molar-refractivity contribution is 0.0502. The Morgan fingerprint density at radius 1 is 1.39 bits per heavy atom. The van der Waals surface area contributed by atoms with Gasteiger partial charge in [0.2, 0.25) is 0 Å². The molecule has 0 spiro atoms. The Balaban J connectivity index is 2.99. The highest BCUT2D eigenvalue weighted by Gasteiger charge is 2.22. The first kappa shape index (κ1) is 19.7. The van der Waals surface area contributed by atoms with E-state index in [4.69, 9.17) is 20.9 Å². The number of alkyl carbamates (subject to hydrolysis) is 1. The zero-order valence-corrected chi connectivity index (χ0v) is 14.5. The molecule has 1 rings (SSSR count). The third-order valence-corrected chi connectivity index (χ3v) is 3.61. The molecule has 0 bridgehead atoms. The van der Waals surface area contributed by atoms with E-state index in [1.165, 1.54) is 6.07 Å². The second-order valence-electron chi connectivity index (χ2n) is 5.98. The first-order valence-corrected chi connectivity index (χ1v) is 8.75. The minimum atomic E-state index is -4.24. The molecule has 6 nitrogen and oxygen atoms in total. The van der Waals surface area contributed by atoms with Gasteiger partial charge in [0.05, 0.1) is 11.8 Å². The van der Waals surface area contributed by atoms with Crippen LogP contribution in [-0.2, 0) is 14.9 Å². The number of nitrogens with one attached hydrogen (secondary N) is 1. The minimum absolute atomic E-state index is 0.0999. The fourth-order valence-corrected chi connectivity index (χ4v) is 2.58. The normalized spacial score (nSPS) is 13.5. The summed E-state index contributed by atoms with van der Waals surface area (Å²) in [5, 5.41) is 2.55. The molecular weight excluding hydrogens is 349 g/mol. The van der Waals surface area contributed by atoms with Gasteiger partial charge in [-0.25, -0.2) is 9.18 Å². The van der Waals surface area contributed by atoms with Crippen molar-refractivity contribution in [3.05, 3.63) is 34.6 Å². The molecule has 1 aromatic rings. The summed E-state index contributed by atoms with van der Waals surface area (Å²) >= 11 is 5.78. The van der Waals surface area contributed by atoms with Crippen molar-refractivity contribution >= 4 is 27.8 Å². The summed E-state index contributed by atoms with van der Waals surface area (Å²) in [6, 6.07) is 2.72. The van der Waals surface area contributed by atoms with Crippen molar-refractivity contribution in [2.24, 2.45) is 0 Å². The second-order valence-corrected chi connectivity index (χ2v) is 7.98. The van der Waals surface area contributed by atoms with E-state index in [0.29, 0.717) is 0 Å². The first-order chi connectivity index (χ1) is 10.4. The van der Waals surface area contributed by atoms with Gasteiger partial charge in [-0.2, -0.15) is 8.42 Å². The van der Waals surface area contributed by atoms with Crippen LogP contribution in [0.15, 0.2) is 18.2 Å². The number of hydrogen-bond acceptors (Lipinski definition) is 4. The maximum atomic E-state index is 13.5. The minimum Gasteiger partial charge on any atom is -0.444 e. The van der Waals surface area contributed by atoms with Crippen molar-refractivity contribution < 1.29 is 26.9 Å². The van der Waals surface area contributed by atoms with E-state index in [0.717, 1.165) is 12.1 Å². The molecule has 0 radical (unpaired) electrons. The summed E-state index contributed by atoms with van der Waals surface area (Å²) in [5.74, 6) is -1.24. The number of carbonyl (C=O) groups is 1. The van der Waals surface area contributed by atoms with Crippen LogP contribution in [0.2, 0.25) is 5.02 Å². The average Bonchev–Trinajstić information content (AvgIpc) is 2.29. The van der Waals surface area contributed by atoms with E-state index in [9.17, 15) is 17.6 Å². The molecule has 0 fully saturated rings. The van der Waals surface area contributed by atoms with E-state index < -0.39 is 39.4 Å². The molecular formula is C14H19ClFNO5S. The Morgan fingerprint density at radius 3 is 2.48 bits per heavy atom. The van der Waals surface area contributed by atoms with Gasteiger partial charge in [-0.05, 0) is 51.0 Å². The highest BCUT2D eigenvalue weighted by atomic mass is 35.5. The van der Waals surface area contributed by atoms with Crippen molar-refractivity contribution in [3.8, 4) is 0 Å². The van der Waals surface area contributed by atoms with Crippen LogP contribution in [0.4, 0.5) is 9.18 Å². The van der Waals surface area contributed by atoms with Crippen molar-refractivity contribution in [1.29, 1.82) is 0 Å². The van der Waals surface area contributed by atoms with Crippen LogP contribution in [0.1, 0.15) is 38.8 Å². The van der Waals surface area contributed by atoms with Crippen molar-refractivity contribution in [2.45, 2.75) is 38.8 Å². The number of rotatable bonds is 5. The largest absolute Gasteiger partial charge is 0.444 e. The molecule has 0 saturated carbocycles. The maximum absolute atomic E-state index is 13.5. The Labute approximate surface area is 139 Å². The summed E-state index contributed by atoms with van der Waals surface area (Å²) in [5.41, 5.74) is -0.485. The van der Waals surface area contributed by atoms with E-state index in [1.807, 2.05) is 0 Å². The highest BCUT2D eigenvalue weighted by Crippen LogP contribution is 2.23. The maximum Gasteiger partial charge on any atom is 0.408 e. The van der Waals surface area contributed by atoms with E-state index in [1.54, 1.807) is 20.8 Å². The standard InChI is InChI=1S/C14H19ClFNO5S/c1-14(2,3)22-13(18)17-12(4-5-23(19,20)21)9-6-10(15)8-11(16)7-9/h6-8,12H,4-5H2,1-3H3,(H,17,18)(H,19,20,21)/t12-/m0/s1. The number of amides is 1. The summed E-state index contributed by atoms with van der Waals surface area (Å²) in [7, 11) is -4.24. The first-order valence-electron chi connectivity index (χ1n) is 6.76. The van der Waals surface area contributed by atoms with Gasteiger partial charge in [0, 0.05) is 5.02 Å². The fraction of sp³-hybridized carbons (Fsp3) is 0.500. The van der Waals surface area contributed by atoms with Crippen LogP contribution in [-0.4, -0.2) is 30.4 Å². The summed E-state index contributed by atoms with van der Waals surface area (Å²) < 4.78 is 49.3. The summed E-state index contributed by atoms with van der Waals surface area (Å²) in [4.78, 5) is 11.9. The van der Waals surface area contributed by atoms with Gasteiger partial charge in [-0.1, -0.05) is 11.6 Å². The predicted octanol–water partition coefficient (Wildman–Crippen LogP) is 3.32. The molecule has 130 valence electrons. The van der Waals surface area contributed by atoms with Crippen LogP contribution in [0.3, 0.4) is 0 Å². The monoisotopic (exact) mass is 367 g/mol. The van der Waals surface area contributed by atoms with Crippen LogP contribution < -0.4 is 5.32 Å². The van der Waals surface area contributed by atoms with Crippen LogP contribution >= 0.6 is 11.6 Å². The van der Waals surface area contributed by atoms with E-state index >= 15 is 0 Å². The molecule has 0 aliphatic carbocycles. The molecule has 0 aliphatic heterocycles. The molecule has 23 heavy (non-hydrogen) atoms. The lowest BCUT2D eigenvalue weighted by Crippen LogP contribution is -2.35. The Morgan fingerprint density at radius 2 is 2.00 bits per heavy atom. The van der Waals surface area contributed by atoms with Crippen LogP contribution in [0.5, 0.6) is 0 Å². The van der Waals surface area contributed by atoms with Crippen molar-refractivity contribution in [3.63, 3.8) is 0 Å². The summed E-state index contributed by atoms with van der Waals surface area (Å²) in [6.07, 6.45) is -0.962. The fourth-order valence-electron chi connectivity index (χ4n) is 1.82. The van der Waals surface area contributed by atoms with Gasteiger partial charge in [-0.15, -0.1) is 0 Å². The van der Waals surface area contributed by atoms with Gasteiger partial charge in [0.25, 0.3) is 10.1 Å². The number of carbonyl (C=O) groups excluding carboxylic acids is 1. The molecule has 1 atom stereocenters. The highest BCUT2D eigenvalue weighted by molar-refractivity contribution is 7.85. The molecule has 0 unspecified atom stereocenters. The molecule has 9 heteroatoms.